The highest BCUT2D eigenvalue weighted by molar-refractivity contribution is 5.61. The van der Waals surface area contributed by atoms with Gasteiger partial charge in [0.2, 0.25) is 0 Å². The third-order valence-electron chi connectivity index (χ3n) is 5.83. The van der Waals surface area contributed by atoms with E-state index in [0.29, 0.717) is 29.0 Å². The Labute approximate surface area is 139 Å². The molecule has 2 fully saturated rings. The number of aliphatic hydroxyl groups is 1. The number of methoxy groups -OCH3 is 1. The van der Waals surface area contributed by atoms with Gasteiger partial charge in [-0.2, -0.15) is 0 Å². The first-order valence-corrected chi connectivity index (χ1v) is 7.83. The van der Waals surface area contributed by atoms with E-state index in [1.807, 2.05) is 0 Å². The molecule has 5 atom stereocenters. The summed E-state index contributed by atoms with van der Waals surface area (Å²) in [5.41, 5.74) is -0.0132. The minimum absolute atomic E-state index is 0.115. The molecule has 1 N–H and O–H groups in total. The van der Waals surface area contributed by atoms with Gasteiger partial charge in [-0.05, 0) is 56.7 Å². The number of likely N-dealkylation sites (tertiary alicyclic amines) is 1. The van der Waals surface area contributed by atoms with Crippen molar-refractivity contribution in [2.45, 2.75) is 49.3 Å². The van der Waals surface area contributed by atoms with Crippen LogP contribution in [0, 0.1) is 5.89 Å². The van der Waals surface area contributed by atoms with Gasteiger partial charge < -0.3 is 19.5 Å². The number of rotatable bonds is 1. The van der Waals surface area contributed by atoms with Crippen molar-refractivity contribution < 1.29 is 22.8 Å². The fourth-order valence-corrected chi connectivity index (χ4v) is 4.94. The van der Waals surface area contributed by atoms with Crippen molar-refractivity contribution in [1.82, 2.24) is 4.90 Å². The second kappa shape index (κ2) is 4.18. The van der Waals surface area contributed by atoms with Crippen molar-refractivity contribution >= 4 is 0 Å². The van der Waals surface area contributed by atoms with Crippen LogP contribution in [0.25, 0.3) is 0 Å². The SMILES string of the molecule is [2H]C1([2H])c2ccc(OC)c3c2[C@]24CCN(C([2H])([2H])[2H])[C@H]1[C@]2([2H])CCC(O)C4O3. The summed E-state index contributed by atoms with van der Waals surface area (Å²) in [5, 5.41) is 10.8. The van der Waals surface area contributed by atoms with Crippen molar-refractivity contribution in [1.29, 1.82) is 0 Å². The summed E-state index contributed by atoms with van der Waals surface area (Å²) in [6, 6.07) is 2.09. The summed E-state index contributed by atoms with van der Waals surface area (Å²) in [4.78, 5) is 1.19. The van der Waals surface area contributed by atoms with Crippen LogP contribution in [0.15, 0.2) is 12.1 Å². The number of ether oxygens (including phenoxy) is 2. The van der Waals surface area contributed by atoms with Crippen LogP contribution < -0.4 is 9.47 Å². The number of benzene rings is 1. The van der Waals surface area contributed by atoms with Gasteiger partial charge in [-0.3, -0.25) is 0 Å². The Kier molecular flexibility index (Phi) is 1.62. The summed E-state index contributed by atoms with van der Waals surface area (Å²) in [7, 11) is 1.50. The number of hydrogen-bond acceptors (Lipinski definition) is 4. The first-order chi connectivity index (χ1) is 13.0. The predicted octanol–water partition coefficient (Wildman–Crippen LogP) is 1.73. The van der Waals surface area contributed by atoms with Gasteiger partial charge in [0.05, 0.1) is 13.2 Å². The fourth-order valence-electron chi connectivity index (χ4n) is 4.94. The number of piperidine rings is 1. The van der Waals surface area contributed by atoms with Gasteiger partial charge in [-0.15, -0.1) is 0 Å². The third kappa shape index (κ3) is 1.32. The number of hydrogen-bond donors (Lipinski definition) is 1. The largest absolute Gasteiger partial charge is 0.493 e. The van der Waals surface area contributed by atoms with Crippen molar-refractivity contribution in [3.05, 3.63) is 23.3 Å². The van der Waals surface area contributed by atoms with Gasteiger partial charge in [0.25, 0.3) is 0 Å². The van der Waals surface area contributed by atoms with Gasteiger partial charge in [-0.25, -0.2) is 0 Å². The van der Waals surface area contributed by atoms with Gasteiger partial charge in [0.15, 0.2) is 11.5 Å². The molecular weight excluding hydrogens is 278 g/mol. The van der Waals surface area contributed by atoms with Crippen molar-refractivity contribution in [3.63, 3.8) is 0 Å². The molecule has 22 heavy (non-hydrogen) atoms. The summed E-state index contributed by atoms with van der Waals surface area (Å²) < 4.78 is 62.9. The van der Waals surface area contributed by atoms with Crippen LogP contribution >= 0.6 is 0 Å². The highest BCUT2D eigenvalue weighted by Crippen LogP contribution is 2.63. The van der Waals surface area contributed by atoms with E-state index < -0.39 is 42.9 Å². The Morgan fingerprint density at radius 1 is 1.55 bits per heavy atom. The number of nitrogens with zero attached hydrogens (tertiary/aromatic N) is 1. The van der Waals surface area contributed by atoms with Crippen LogP contribution in [0.2, 0.25) is 0 Å². The average molecular weight is 307 g/mol. The van der Waals surface area contributed by atoms with Crippen LogP contribution in [-0.4, -0.2) is 48.9 Å². The van der Waals surface area contributed by atoms with E-state index in [2.05, 4.69) is 0 Å². The van der Waals surface area contributed by atoms with E-state index in [1.54, 1.807) is 12.1 Å². The zero-order valence-corrected chi connectivity index (χ0v) is 12.4. The molecule has 2 aliphatic carbocycles. The van der Waals surface area contributed by atoms with E-state index in [0.717, 1.165) is 0 Å². The van der Waals surface area contributed by atoms with Crippen molar-refractivity contribution in [3.8, 4) is 11.5 Å². The Morgan fingerprint density at radius 3 is 3.27 bits per heavy atom. The monoisotopic (exact) mass is 307 g/mol. The Bertz CT molecular complexity index is 860. The molecule has 1 saturated heterocycles. The van der Waals surface area contributed by atoms with Gasteiger partial charge >= 0.3 is 0 Å². The van der Waals surface area contributed by atoms with Crippen LogP contribution in [-0.2, 0) is 11.8 Å². The van der Waals surface area contributed by atoms with Gasteiger partial charge in [-0.1, -0.05) is 6.07 Å². The molecule has 1 aromatic carbocycles. The molecule has 5 rings (SSSR count). The molecule has 4 heteroatoms. The lowest BCUT2D eigenvalue weighted by Gasteiger charge is -2.58. The summed E-state index contributed by atoms with van der Waals surface area (Å²) in [6.45, 7) is -2.39. The maximum absolute atomic E-state index is 10.8. The Balaban J connectivity index is 1.87. The standard InChI is InChI=1S/C18H23NO3/c1-19-8-7-18-11-4-5-13(20)17(18)22-16-14(21-2)6-3-10(15(16)18)9-12(11)19/h3,6,11-13,17,20H,4-5,7-9H2,1-2H3/t11-,12+,13?,17?,18-/m0/s1/i1D3,9D2,11D. The lowest BCUT2D eigenvalue weighted by molar-refractivity contribution is -0.0993. The molecule has 0 amide bonds. The highest BCUT2D eigenvalue weighted by Gasteiger charge is 2.65. The molecular formula is C18H23NO3. The minimum atomic E-state index is -2.51. The molecule has 1 spiro atoms. The highest BCUT2D eigenvalue weighted by atomic mass is 16.5. The summed E-state index contributed by atoms with van der Waals surface area (Å²) >= 11 is 0. The molecule has 2 unspecified atom stereocenters. The second-order valence-corrected chi connectivity index (χ2v) is 6.65. The Hall–Kier alpha value is -1.26. The van der Waals surface area contributed by atoms with Crippen LogP contribution in [0.3, 0.4) is 0 Å². The Morgan fingerprint density at radius 2 is 2.45 bits per heavy atom. The van der Waals surface area contributed by atoms with E-state index in [4.69, 9.17) is 16.3 Å². The van der Waals surface area contributed by atoms with Crippen molar-refractivity contribution in [2.24, 2.45) is 5.89 Å². The normalized spacial score (nSPS) is 52.0. The van der Waals surface area contributed by atoms with Crippen LogP contribution in [0.5, 0.6) is 11.5 Å². The minimum Gasteiger partial charge on any atom is -0.493 e. The number of aliphatic hydroxyl groups excluding tert-OH is 1. The molecule has 4 nitrogen and oxygen atoms in total. The lowest BCUT2D eigenvalue weighted by Crippen LogP contribution is -2.66. The van der Waals surface area contributed by atoms with Gasteiger partial charge in [0.1, 0.15) is 6.10 Å². The quantitative estimate of drug-likeness (QED) is 0.858. The van der Waals surface area contributed by atoms with Crippen molar-refractivity contribution in [2.75, 3.05) is 20.6 Å². The fraction of sp³-hybridized carbons (Fsp3) is 0.667. The van der Waals surface area contributed by atoms with E-state index in [1.165, 1.54) is 12.0 Å². The molecule has 2 aliphatic heterocycles. The molecule has 118 valence electrons. The topological polar surface area (TPSA) is 41.9 Å². The van der Waals surface area contributed by atoms with Crippen LogP contribution in [0.4, 0.5) is 0 Å². The molecule has 2 heterocycles. The molecule has 1 saturated carbocycles. The molecule has 2 bridgehead atoms. The smallest absolute Gasteiger partial charge is 0.165 e. The number of likely N-dealkylation sites (N-methyl/N-ethyl adjacent to an activating group) is 1. The molecule has 0 radical (unpaired) electrons. The van der Waals surface area contributed by atoms with E-state index in [-0.39, 0.29) is 19.4 Å². The van der Waals surface area contributed by atoms with Crippen LogP contribution in [0.1, 0.15) is 38.6 Å². The molecule has 1 aromatic rings. The first-order valence-electron chi connectivity index (χ1n) is 10.8. The molecule has 0 aromatic heterocycles. The summed E-state index contributed by atoms with van der Waals surface area (Å²) in [6.07, 6.45) is -2.77. The maximum Gasteiger partial charge on any atom is 0.165 e. The molecule has 4 aliphatic rings. The zero-order valence-electron chi connectivity index (χ0n) is 18.4. The van der Waals surface area contributed by atoms with Gasteiger partial charge in [0, 0.05) is 25.2 Å². The third-order valence-corrected chi connectivity index (χ3v) is 5.83. The lowest BCUT2D eigenvalue weighted by atomic mass is 9.51. The zero-order chi connectivity index (χ0) is 20.3. The van der Waals surface area contributed by atoms with E-state index in [9.17, 15) is 6.48 Å². The second-order valence-electron chi connectivity index (χ2n) is 6.65. The van der Waals surface area contributed by atoms with E-state index >= 15 is 0 Å². The first kappa shape index (κ1) is 8.55. The predicted molar refractivity (Wildman–Crippen MR) is 82.6 cm³/mol. The summed E-state index contributed by atoms with van der Waals surface area (Å²) in [5.74, 6) is -0.589. The average Bonchev–Trinajstić information content (AvgIpc) is 2.96. The maximum atomic E-state index is 10.8.